The molecule has 2 rings (SSSR count). The molecule has 0 heterocycles. The fraction of sp³-hybridized carbons (Fsp3) is 0.200. The highest BCUT2D eigenvalue weighted by molar-refractivity contribution is 7.99. The quantitative estimate of drug-likeness (QED) is 0.864. The number of aliphatic carboxylic acids is 1. The van der Waals surface area contributed by atoms with E-state index in [1.807, 2.05) is 30.3 Å². The highest BCUT2D eigenvalue weighted by Gasteiger charge is 2.12. The number of rotatable bonds is 4. The molecule has 96 valence electrons. The molecule has 19 heavy (non-hydrogen) atoms. The molecule has 1 N–H and O–H groups in total. The average molecular weight is 271 g/mol. The van der Waals surface area contributed by atoms with Gasteiger partial charge in [0.25, 0.3) is 0 Å². The molecule has 1 atom stereocenters. The summed E-state index contributed by atoms with van der Waals surface area (Å²) in [6.45, 7) is 1.70. The van der Waals surface area contributed by atoms with E-state index in [1.165, 1.54) is 11.8 Å². The summed E-state index contributed by atoms with van der Waals surface area (Å²) in [5.41, 5.74) is 0.645. The monoisotopic (exact) mass is 271 g/mol. The molecule has 0 radical (unpaired) electrons. The minimum Gasteiger partial charge on any atom is -0.481 e. The summed E-state index contributed by atoms with van der Waals surface area (Å²) in [5, 5.41) is 19.9. The number of nitriles is 1. The maximum absolute atomic E-state index is 10.8. The van der Waals surface area contributed by atoms with Crippen LogP contribution < -0.4 is 0 Å². The van der Waals surface area contributed by atoms with Gasteiger partial charge in [-0.05, 0) is 17.5 Å². The Morgan fingerprint density at radius 3 is 2.63 bits per heavy atom. The van der Waals surface area contributed by atoms with Crippen LogP contribution in [0.4, 0.5) is 0 Å². The molecule has 0 bridgehead atoms. The van der Waals surface area contributed by atoms with Crippen molar-refractivity contribution in [2.75, 3.05) is 5.75 Å². The first-order chi connectivity index (χ1) is 9.13. The number of benzene rings is 2. The van der Waals surface area contributed by atoms with Gasteiger partial charge in [-0.3, -0.25) is 4.79 Å². The Hall–Kier alpha value is -1.99. The average Bonchev–Trinajstić information content (AvgIpc) is 2.44. The lowest BCUT2D eigenvalue weighted by Crippen LogP contribution is -2.11. The van der Waals surface area contributed by atoms with Crippen LogP contribution in [0.25, 0.3) is 10.8 Å². The van der Waals surface area contributed by atoms with E-state index >= 15 is 0 Å². The zero-order valence-corrected chi connectivity index (χ0v) is 11.3. The Labute approximate surface area is 115 Å². The van der Waals surface area contributed by atoms with Gasteiger partial charge in [-0.25, -0.2) is 0 Å². The Bertz CT molecular complexity index is 661. The van der Waals surface area contributed by atoms with Gasteiger partial charge in [0.05, 0.1) is 17.6 Å². The molecule has 2 aromatic rings. The van der Waals surface area contributed by atoms with Crippen LogP contribution in [0, 0.1) is 17.2 Å². The lowest BCUT2D eigenvalue weighted by molar-refractivity contribution is -0.140. The lowest BCUT2D eigenvalue weighted by Gasteiger charge is -2.09. The van der Waals surface area contributed by atoms with Crippen molar-refractivity contribution in [3.8, 4) is 6.07 Å². The molecule has 0 aliphatic rings. The SMILES string of the molecule is CC(CSc1ccc(C#N)c2ccccc12)C(=O)O. The summed E-state index contributed by atoms with van der Waals surface area (Å²) >= 11 is 1.52. The number of carboxylic acids is 1. The van der Waals surface area contributed by atoms with Crippen molar-refractivity contribution < 1.29 is 9.90 Å². The topological polar surface area (TPSA) is 61.1 Å². The normalized spacial score (nSPS) is 12.0. The standard InChI is InChI=1S/C15H13NO2S/c1-10(15(17)18)9-19-14-7-6-11(8-16)12-4-2-3-5-13(12)14/h2-7,10H,9H2,1H3,(H,17,18). The second-order valence-corrected chi connectivity index (χ2v) is 5.38. The van der Waals surface area contributed by atoms with Gasteiger partial charge in [-0.15, -0.1) is 11.8 Å². The second-order valence-electron chi connectivity index (χ2n) is 4.32. The van der Waals surface area contributed by atoms with Crippen LogP contribution in [-0.4, -0.2) is 16.8 Å². The largest absolute Gasteiger partial charge is 0.481 e. The van der Waals surface area contributed by atoms with E-state index in [-0.39, 0.29) is 5.92 Å². The van der Waals surface area contributed by atoms with E-state index in [9.17, 15) is 4.79 Å². The molecule has 4 heteroatoms. The van der Waals surface area contributed by atoms with Crippen LogP contribution in [0.3, 0.4) is 0 Å². The van der Waals surface area contributed by atoms with Crippen molar-refractivity contribution in [2.45, 2.75) is 11.8 Å². The van der Waals surface area contributed by atoms with Crippen LogP contribution in [0.2, 0.25) is 0 Å². The van der Waals surface area contributed by atoms with Crippen molar-refractivity contribution >= 4 is 28.5 Å². The maximum Gasteiger partial charge on any atom is 0.307 e. The molecule has 2 aromatic carbocycles. The number of carboxylic acid groups (broad SMARTS) is 1. The Kier molecular flexibility index (Phi) is 4.08. The highest BCUT2D eigenvalue weighted by atomic mass is 32.2. The van der Waals surface area contributed by atoms with Crippen molar-refractivity contribution in [1.82, 2.24) is 0 Å². The van der Waals surface area contributed by atoms with Crippen molar-refractivity contribution in [3.05, 3.63) is 42.0 Å². The van der Waals surface area contributed by atoms with Crippen molar-refractivity contribution in [1.29, 1.82) is 5.26 Å². The van der Waals surface area contributed by atoms with Crippen LogP contribution in [0.15, 0.2) is 41.3 Å². The minimum absolute atomic E-state index is 0.389. The summed E-state index contributed by atoms with van der Waals surface area (Å²) in [4.78, 5) is 11.8. The third kappa shape index (κ3) is 2.88. The fourth-order valence-electron chi connectivity index (χ4n) is 1.78. The van der Waals surface area contributed by atoms with E-state index in [0.717, 1.165) is 15.7 Å². The molecule has 0 aliphatic heterocycles. The number of thioether (sulfide) groups is 1. The van der Waals surface area contributed by atoms with Gasteiger partial charge in [-0.1, -0.05) is 31.2 Å². The summed E-state index contributed by atoms with van der Waals surface area (Å²) in [7, 11) is 0. The van der Waals surface area contributed by atoms with E-state index < -0.39 is 5.97 Å². The fourth-order valence-corrected chi connectivity index (χ4v) is 2.85. The zero-order valence-electron chi connectivity index (χ0n) is 10.5. The van der Waals surface area contributed by atoms with Gasteiger partial charge in [0, 0.05) is 16.0 Å². The van der Waals surface area contributed by atoms with E-state index in [4.69, 9.17) is 10.4 Å². The van der Waals surface area contributed by atoms with Gasteiger partial charge in [-0.2, -0.15) is 5.26 Å². The minimum atomic E-state index is -0.787. The lowest BCUT2D eigenvalue weighted by atomic mass is 10.1. The summed E-state index contributed by atoms with van der Waals surface area (Å²) in [5.74, 6) is -0.657. The third-order valence-corrected chi connectivity index (χ3v) is 4.25. The van der Waals surface area contributed by atoms with Gasteiger partial charge in [0.1, 0.15) is 0 Å². The van der Waals surface area contributed by atoms with E-state index in [2.05, 4.69) is 6.07 Å². The van der Waals surface area contributed by atoms with Crippen LogP contribution in [0.1, 0.15) is 12.5 Å². The van der Waals surface area contributed by atoms with Crippen LogP contribution in [0.5, 0.6) is 0 Å². The molecule has 0 aliphatic carbocycles. The zero-order chi connectivity index (χ0) is 13.8. The molecule has 3 nitrogen and oxygen atoms in total. The first kappa shape index (κ1) is 13.4. The predicted octanol–water partition coefficient (Wildman–Crippen LogP) is 3.52. The van der Waals surface area contributed by atoms with Crippen LogP contribution >= 0.6 is 11.8 Å². The van der Waals surface area contributed by atoms with Crippen molar-refractivity contribution in [3.63, 3.8) is 0 Å². The highest BCUT2D eigenvalue weighted by Crippen LogP contribution is 2.31. The molecule has 0 spiro atoms. The molecule has 0 saturated carbocycles. The van der Waals surface area contributed by atoms with Gasteiger partial charge in [0.15, 0.2) is 0 Å². The molecule has 1 unspecified atom stereocenters. The second kappa shape index (κ2) is 5.77. The molecule has 0 aromatic heterocycles. The molecular weight excluding hydrogens is 258 g/mol. The molecule has 0 saturated heterocycles. The Balaban J connectivity index is 2.35. The maximum atomic E-state index is 10.8. The van der Waals surface area contributed by atoms with Crippen LogP contribution in [-0.2, 0) is 4.79 Å². The molecule has 0 fully saturated rings. The number of hydrogen-bond donors (Lipinski definition) is 1. The smallest absolute Gasteiger partial charge is 0.307 e. The summed E-state index contributed by atoms with van der Waals surface area (Å²) in [6, 6.07) is 13.6. The Morgan fingerprint density at radius 1 is 1.32 bits per heavy atom. The van der Waals surface area contributed by atoms with E-state index in [0.29, 0.717) is 11.3 Å². The van der Waals surface area contributed by atoms with E-state index in [1.54, 1.807) is 13.0 Å². The Morgan fingerprint density at radius 2 is 2.00 bits per heavy atom. The summed E-state index contributed by atoms with van der Waals surface area (Å²) in [6.07, 6.45) is 0. The molecule has 0 amide bonds. The first-order valence-electron chi connectivity index (χ1n) is 5.91. The van der Waals surface area contributed by atoms with Gasteiger partial charge in [0.2, 0.25) is 0 Å². The van der Waals surface area contributed by atoms with Gasteiger partial charge >= 0.3 is 5.97 Å². The first-order valence-corrected chi connectivity index (χ1v) is 6.89. The number of carbonyl (C=O) groups is 1. The predicted molar refractivity (Wildman–Crippen MR) is 76.2 cm³/mol. The number of hydrogen-bond acceptors (Lipinski definition) is 3. The number of nitrogens with zero attached hydrogens (tertiary/aromatic N) is 1. The summed E-state index contributed by atoms with van der Waals surface area (Å²) < 4.78 is 0. The third-order valence-electron chi connectivity index (χ3n) is 2.91. The van der Waals surface area contributed by atoms with Gasteiger partial charge < -0.3 is 5.11 Å². The molecular formula is C15H13NO2S. The van der Waals surface area contributed by atoms with Crippen molar-refractivity contribution in [2.24, 2.45) is 5.92 Å². The number of fused-ring (bicyclic) bond motifs is 1.